The lowest BCUT2D eigenvalue weighted by atomic mass is 10.2. The van der Waals surface area contributed by atoms with Crippen LogP contribution in [0.4, 0.5) is 0 Å². The second-order valence-corrected chi connectivity index (χ2v) is 5.08. The van der Waals surface area contributed by atoms with Crippen LogP contribution in [-0.2, 0) is 0 Å². The van der Waals surface area contributed by atoms with E-state index in [4.69, 9.17) is 0 Å². The predicted octanol–water partition coefficient (Wildman–Crippen LogP) is 2.11. The van der Waals surface area contributed by atoms with E-state index < -0.39 is 0 Å². The fourth-order valence-electron chi connectivity index (χ4n) is 2.12. The Morgan fingerprint density at radius 1 is 0.933 bits per heavy atom. The van der Waals surface area contributed by atoms with Crippen LogP contribution < -0.4 is 0 Å². The summed E-state index contributed by atoms with van der Waals surface area (Å²) in [5.74, 6) is 1.05. The maximum Gasteiger partial charge on any atom is 0.0109 e. The van der Waals surface area contributed by atoms with Crippen molar-refractivity contribution in [1.82, 2.24) is 9.80 Å². The van der Waals surface area contributed by atoms with Gasteiger partial charge in [0.1, 0.15) is 0 Å². The molecule has 0 N–H and O–H groups in total. The van der Waals surface area contributed by atoms with Crippen molar-refractivity contribution in [2.75, 3.05) is 45.5 Å². The zero-order valence-electron chi connectivity index (χ0n) is 10.1. The average molecular weight is 230 g/mol. The Morgan fingerprint density at radius 3 is 2.53 bits per heavy atom. The largest absolute Gasteiger partial charge is 0.305 e. The zero-order valence-corrected chi connectivity index (χ0v) is 11.0. The topological polar surface area (TPSA) is 6.48 Å². The Kier molecular flexibility index (Phi) is 7.49. The van der Waals surface area contributed by atoms with Gasteiger partial charge in [0.15, 0.2) is 0 Å². The Morgan fingerprint density at radius 2 is 1.73 bits per heavy atom. The summed E-state index contributed by atoms with van der Waals surface area (Å²) in [6.07, 6.45) is 6.74. The first-order valence-corrected chi connectivity index (χ1v) is 6.98. The molecule has 1 heterocycles. The van der Waals surface area contributed by atoms with Crippen LogP contribution in [0.1, 0.15) is 32.1 Å². The van der Waals surface area contributed by atoms with E-state index in [0.29, 0.717) is 0 Å². The van der Waals surface area contributed by atoms with Crippen molar-refractivity contribution in [3.8, 4) is 0 Å². The Labute approximate surface area is 100 Å². The molecule has 0 aromatic carbocycles. The summed E-state index contributed by atoms with van der Waals surface area (Å²) < 4.78 is 0. The SMILES string of the molecule is CN1CCCN(CCCCCCS)CC1. The lowest BCUT2D eigenvalue weighted by Crippen LogP contribution is -2.29. The number of likely N-dealkylation sites (N-methyl/N-ethyl adjacent to an activating group) is 1. The third-order valence-electron chi connectivity index (χ3n) is 3.19. The van der Waals surface area contributed by atoms with Crippen LogP contribution in [-0.4, -0.2) is 55.3 Å². The number of thiol groups is 1. The molecule has 0 aromatic heterocycles. The van der Waals surface area contributed by atoms with E-state index in [1.807, 2.05) is 0 Å². The molecule has 1 aliphatic heterocycles. The molecule has 0 saturated carbocycles. The summed E-state index contributed by atoms with van der Waals surface area (Å²) in [6, 6.07) is 0. The number of nitrogens with zero attached hydrogens (tertiary/aromatic N) is 2. The summed E-state index contributed by atoms with van der Waals surface area (Å²) in [5.41, 5.74) is 0. The van der Waals surface area contributed by atoms with Crippen LogP contribution >= 0.6 is 12.6 Å². The van der Waals surface area contributed by atoms with Crippen LogP contribution in [0.5, 0.6) is 0 Å². The second kappa shape index (κ2) is 8.43. The van der Waals surface area contributed by atoms with Gasteiger partial charge in [-0.1, -0.05) is 12.8 Å². The third kappa shape index (κ3) is 6.44. The van der Waals surface area contributed by atoms with Crippen molar-refractivity contribution in [3.63, 3.8) is 0 Å². The summed E-state index contributed by atoms with van der Waals surface area (Å²) in [6.45, 7) is 6.40. The summed E-state index contributed by atoms with van der Waals surface area (Å²) >= 11 is 4.23. The smallest absolute Gasteiger partial charge is 0.0109 e. The highest BCUT2D eigenvalue weighted by Gasteiger charge is 2.10. The van der Waals surface area contributed by atoms with E-state index in [1.165, 1.54) is 64.8 Å². The fraction of sp³-hybridized carbons (Fsp3) is 1.00. The van der Waals surface area contributed by atoms with Gasteiger partial charge in [-0.3, -0.25) is 0 Å². The van der Waals surface area contributed by atoms with E-state index in [-0.39, 0.29) is 0 Å². The predicted molar refractivity (Wildman–Crippen MR) is 70.9 cm³/mol. The molecule has 1 rings (SSSR count). The fourth-order valence-corrected chi connectivity index (χ4v) is 2.35. The van der Waals surface area contributed by atoms with Crippen molar-refractivity contribution in [3.05, 3.63) is 0 Å². The molecule has 0 aliphatic carbocycles. The second-order valence-electron chi connectivity index (χ2n) is 4.64. The zero-order chi connectivity index (χ0) is 10.9. The lowest BCUT2D eigenvalue weighted by molar-refractivity contribution is 0.270. The summed E-state index contributed by atoms with van der Waals surface area (Å²) in [5, 5.41) is 0. The third-order valence-corrected chi connectivity index (χ3v) is 3.51. The van der Waals surface area contributed by atoms with Crippen LogP contribution in [0.3, 0.4) is 0 Å². The average Bonchev–Trinajstić information content (AvgIpc) is 2.43. The molecule has 0 spiro atoms. The minimum atomic E-state index is 1.05. The van der Waals surface area contributed by atoms with Crippen molar-refractivity contribution in [1.29, 1.82) is 0 Å². The van der Waals surface area contributed by atoms with Gasteiger partial charge in [0.25, 0.3) is 0 Å². The summed E-state index contributed by atoms with van der Waals surface area (Å²) in [4.78, 5) is 5.07. The highest BCUT2D eigenvalue weighted by Crippen LogP contribution is 2.05. The highest BCUT2D eigenvalue weighted by molar-refractivity contribution is 7.80. The molecule has 0 amide bonds. The molecular formula is C12H26N2S. The van der Waals surface area contributed by atoms with Gasteiger partial charge in [0.2, 0.25) is 0 Å². The monoisotopic (exact) mass is 230 g/mol. The van der Waals surface area contributed by atoms with Gasteiger partial charge in [-0.25, -0.2) is 0 Å². The van der Waals surface area contributed by atoms with Crippen molar-refractivity contribution >= 4 is 12.6 Å². The standard InChI is InChI=1S/C12H26N2S/c1-13-7-6-9-14(11-10-13)8-4-2-3-5-12-15/h15H,2-12H2,1H3. The first kappa shape index (κ1) is 13.3. The van der Waals surface area contributed by atoms with Gasteiger partial charge in [-0.05, 0) is 51.7 Å². The van der Waals surface area contributed by atoms with Gasteiger partial charge in [0.05, 0.1) is 0 Å². The molecule has 1 saturated heterocycles. The number of hydrogen-bond acceptors (Lipinski definition) is 3. The number of unbranched alkanes of at least 4 members (excludes halogenated alkanes) is 3. The molecular weight excluding hydrogens is 204 g/mol. The Balaban J connectivity index is 2.00. The van der Waals surface area contributed by atoms with Crippen LogP contribution in [0.15, 0.2) is 0 Å². The molecule has 15 heavy (non-hydrogen) atoms. The molecule has 0 bridgehead atoms. The van der Waals surface area contributed by atoms with E-state index in [1.54, 1.807) is 0 Å². The molecule has 0 aromatic rings. The molecule has 0 unspecified atom stereocenters. The van der Waals surface area contributed by atoms with Gasteiger partial charge >= 0.3 is 0 Å². The number of rotatable bonds is 6. The van der Waals surface area contributed by atoms with Crippen molar-refractivity contribution < 1.29 is 0 Å². The van der Waals surface area contributed by atoms with Crippen molar-refractivity contribution in [2.45, 2.75) is 32.1 Å². The molecule has 0 radical (unpaired) electrons. The Bertz CT molecular complexity index is 153. The maximum absolute atomic E-state index is 4.23. The van der Waals surface area contributed by atoms with Crippen LogP contribution in [0.2, 0.25) is 0 Å². The highest BCUT2D eigenvalue weighted by atomic mass is 32.1. The van der Waals surface area contributed by atoms with E-state index >= 15 is 0 Å². The maximum atomic E-state index is 4.23. The Hall–Kier alpha value is 0.270. The van der Waals surface area contributed by atoms with Crippen molar-refractivity contribution in [2.24, 2.45) is 0 Å². The molecule has 1 fully saturated rings. The van der Waals surface area contributed by atoms with Gasteiger partial charge in [-0.2, -0.15) is 12.6 Å². The van der Waals surface area contributed by atoms with Gasteiger partial charge < -0.3 is 9.80 Å². The van der Waals surface area contributed by atoms with Gasteiger partial charge in [0, 0.05) is 13.1 Å². The van der Waals surface area contributed by atoms with E-state index in [0.717, 1.165) is 5.75 Å². The molecule has 0 atom stereocenters. The summed E-state index contributed by atoms with van der Waals surface area (Å²) in [7, 11) is 2.23. The molecule has 3 heteroatoms. The van der Waals surface area contributed by atoms with E-state index in [2.05, 4.69) is 29.5 Å². The van der Waals surface area contributed by atoms with E-state index in [9.17, 15) is 0 Å². The first-order valence-electron chi connectivity index (χ1n) is 6.34. The minimum Gasteiger partial charge on any atom is -0.305 e. The molecule has 1 aliphatic rings. The normalized spacial score (nSPS) is 20.4. The minimum absolute atomic E-state index is 1.05. The lowest BCUT2D eigenvalue weighted by Gasteiger charge is -2.19. The first-order chi connectivity index (χ1) is 7.33. The van der Waals surface area contributed by atoms with Crippen LogP contribution in [0.25, 0.3) is 0 Å². The number of hydrogen-bond donors (Lipinski definition) is 1. The molecule has 90 valence electrons. The quantitative estimate of drug-likeness (QED) is 0.551. The van der Waals surface area contributed by atoms with Gasteiger partial charge in [-0.15, -0.1) is 0 Å². The molecule has 2 nitrogen and oxygen atoms in total. The van der Waals surface area contributed by atoms with Crippen LogP contribution in [0, 0.1) is 0 Å².